The van der Waals surface area contributed by atoms with Crippen molar-refractivity contribution >= 4 is 5.78 Å². The molecule has 0 amide bonds. The van der Waals surface area contributed by atoms with Crippen molar-refractivity contribution in [1.29, 1.82) is 0 Å². The average Bonchev–Trinajstić information content (AvgIpc) is 2.47. The first-order valence-electron chi connectivity index (χ1n) is 6.88. The van der Waals surface area contributed by atoms with Crippen molar-refractivity contribution in [3.63, 3.8) is 0 Å². The van der Waals surface area contributed by atoms with Crippen LogP contribution in [-0.4, -0.2) is 25.0 Å². The van der Waals surface area contributed by atoms with Crippen molar-refractivity contribution in [3.05, 3.63) is 29.3 Å². The number of aryl methyl sites for hydroxylation is 1. The summed E-state index contributed by atoms with van der Waals surface area (Å²) in [7, 11) is 0. The lowest BCUT2D eigenvalue weighted by Gasteiger charge is -2.23. The van der Waals surface area contributed by atoms with Gasteiger partial charge in [-0.05, 0) is 56.0 Å². The van der Waals surface area contributed by atoms with Gasteiger partial charge in [0.05, 0.1) is 12.6 Å². The maximum atomic E-state index is 12.4. The Morgan fingerprint density at radius 3 is 3.06 bits per heavy atom. The molecule has 18 heavy (non-hydrogen) atoms. The van der Waals surface area contributed by atoms with Crippen molar-refractivity contribution in [1.82, 2.24) is 5.32 Å². The Balaban J connectivity index is 1.80. The average molecular weight is 245 g/mol. The minimum atomic E-state index is 0.0151. The van der Waals surface area contributed by atoms with Crippen LogP contribution in [0.4, 0.5) is 0 Å². The molecule has 1 saturated heterocycles. The number of fused-ring (bicyclic) bond motifs is 1. The van der Waals surface area contributed by atoms with Crippen LogP contribution in [-0.2, 0) is 6.42 Å². The third-order valence-corrected chi connectivity index (χ3v) is 3.82. The highest BCUT2D eigenvalue weighted by atomic mass is 16.5. The van der Waals surface area contributed by atoms with Gasteiger partial charge in [-0.25, -0.2) is 0 Å². The van der Waals surface area contributed by atoms with E-state index in [0.29, 0.717) is 0 Å². The number of ketones is 1. The maximum absolute atomic E-state index is 12.4. The van der Waals surface area contributed by atoms with Crippen LogP contribution in [0.15, 0.2) is 18.2 Å². The van der Waals surface area contributed by atoms with Crippen molar-refractivity contribution in [2.45, 2.75) is 38.1 Å². The number of Topliss-reactive ketones (excluding diaryl/α,β-unsaturated/α-hetero) is 1. The van der Waals surface area contributed by atoms with Crippen LogP contribution >= 0.6 is 0 Å². The molecule has 2 aliphatic rings. The Morgan fingerprint density at radius 2 is 2.22 bits per heavy atom. The highest BCUT2D eigenvalue weighted by Crippen LogP contribution is 2.26. The first-order valence-corrected chi connectivity index (χ1v) is 6.88. The minimum Gasteiger partial charge on any atom is -0.493 e. The van der Waals surface area contributed by atoms with Crippen LogP contribution in [0.25, 0.3) is 0 Å². The molecule has 2 heterocycles. The van der Waals surface area contributed by atoms with Crippen LogP contribution in [0.2, 0.25) is 0 Å². The molecule has 0 spiro atoms. The number of hydrogen-bond donors (Lipinski definition) is 1. The van der Waals surface area contributed by atoms with Gasteiger partial charge in [0.25, 0.3) is 0 Å². The van der Waals surface area contributed by atoms with Gasteiger partial charge in [0.15, 0.2) is 5.78 Å². The maximum Gasteiger partial charge on any atom is 0.179 e. The molecule has 0 aromatic heterocycles. The fourth-order valence-electron chi connectivity index (χ4n) is 2.79. The van der Waals surface area contributed by atoms with Gasteiger partial charge in [0.2, 0.25) is 0 Å². The number of carbonyl (C=O) groups is 1. The summed E-state index contributed by atoms with van der Waals surface area (Å²) in [6.07, 6.45) is 5.37. The smallest absolute Gasteiger partial charge is 0.179 e. The number of benzene rings is 1. The van der Waals surface area contributed by atoms with Gasteiger partial charge in [0, 0.05) is 5.56 Å². The molecule has 96 valence electrons. The van der Waals surface area contributed by atoms with Crippen LogP contribution in [0.5, 0.6) is 5.75 Å². The van der Waals surface area contributed by atoms with Gasteiger partial charge < -0.3 is 10.1 Å². The predicted molar refractivity (Wildman–Crippen MR) is 70.2 cm³/mol. The van der Waals surface area contributed by atoms with Crippen LogP contribution in [0.3, 0.4) is 0 Å². The first-order chi connectivity index (χ1) is 8.84. The molecule has 2 aliphatic heterocycles. The lowest BCUT2D eigenvalue weighted by atomic mass is 9.94. The number of rotatable bonds is 2. The molecule has 0 aliphatic carbocycles. The zero-order chi connectivity index (χ0) is 12.4. The van der Waals surface area contributed by atoms with E-state index in [0.717, 1.165) is 50.1 Å². The third kappa shape index (κ3) is 2.27. The van der Waals surface area contributed by atoms with E-state index in [1.54, 1.807) is 0 Å². The van der Waals surface area contributed by atoms with Gasteiger partial charge >= 0.3 is 0 Å². The molecule has 0 radical (unpaired) electrons. The molecule has 3 heteroatoms. The van der Waals surface area contributed by atoms with E-state index < -0.39 is 0 Å². The van der Waals surface area contributed by atoms with E-state index >= 15 is 0 Å². The summed E-state index contributed by atoms with van der Waals surface area (Å²) in [6, 6.07) is 5.89. The molecule has 1 N–H and O–H groups in total. The molecule has 1 aromatic rings. The van der Waals surface area contributed by atoms with Crippen LogP contribution in [0.1, 0.15) is 41.6 Å². The zero-order valence-electron chi connectivity index (χ0n) is 10.6. The highest BCUT2D eigenvalue weighted by molar-refractivity contribution is 6.00. The second-order valence-electron chi connectivity index (χ2n) is 5.14. The Kier molecular flexibility index (Phi) is 3.33. The molecular formula is C15H19NO2. The molecule has 1 aromatic carbocycles. The standard InChI is InChI=1S/C15H19NO2/c17-15(13-5-1-2-8-16-13)12-6-7-14-11(10-12)4-3-9-18-14/h6-7,10,13,16H,1-5,8-9H2. The van der Waals surface area contributed by atoms with Gasteiger partial charge in [-0.2, -0.15) is 0 Å². The van der Waals surface area contributed by atoms with E-state index in [1.807, 2.05) is 18.2 Å². The molecule has 1 fully saturated rings. The van der Waals surface area contributed by atoms with E-state index in [-0.39, 0.29) is 11.8 Å². The minimum absolute atomic E-state index is 0.0151. The Bertz CT molecular complexity index is 450. The molecule has 3 nitrogen and oxygen atoms in total. The number of ether oxygens (including phenoxy) is 1. The molecule has 0 bridgehead atoms. The van der Waals surface area contributed by atoms with Crippen molar-refractivity contribution in [2.75, 3.05) is 13.2 Å². The van der Waals surface area contributed by atoms with E-state index in [2.05, 4.69) is 5.32 Å². The summed E-state index contributed by atoms with van der Waals surface area (Å²) in [5.41, 5.74) is 2.02. The lowest BCUT2D eigenvalue weighted by molar-refractivity contribution is 0.0927. The lowest BCUT2D eigenvalue weighted by Crippen LogP contribution is -2.40. The van der Waals surface area contributed by atoms with Gasteiger partial charge in [-0.1, -0.05) is 6.42 Å². The molecule has 1 atom stereocenters. The second-order valence-corrected chi connectivity index (χ2v) is 5.14. The third-order valence-electron chi connectivity index (χ3n) is 3.82. The number of nitrogens with one attached hydrogen (secondary N) is 1. The quantitative estimate of drug-likeness (QED) is 0.813. The van der Waals surface area contributed by atoms with E-state index in [9.17, 15) is 4.79 Å². The summed E-state index contributed by atoms with van der Waals surface area (Å²) >= 11 is 0. The van der Waals surface area contributed by atoms with Crippen LogP contribution in [0, 0.1) is 0 Å². The first kappa shape index (κ1) is 11.7. The van der Waals surface area contributed by atoms with Crippen molar-refractivity contribution < 1.29 is 9.53 Å². The van der Waals surface area contributed by atoms with Gasteiger partial charge in [0.1, 0.15) is 5.75 Å². The number of hydrogen-bond acceptors (Lipinski definition) is 3. The number of carbonyl (C=O) groups excluding carboxylic acids is 1. The topological polar surface area (TPSA) is 38.3 Å². The van der Waals surface area contributed by atoms with E-state index in [4.69, 9.17) is 4.74 Å². The Labute approximate surface area is 108 Å². The molecule has 0 saturated carbocycles. The second kappa shape index (κ2) is 5.11. The number of piperidine rings is 1. The van der Waals surface area contributed by atoms with Crippen molar-refractivity contribution in [3.8, 4) is 5.75 Å². The summed E-state index contributed by atoms with van der Waals surface area (Å²) in [5, 5.41) is 3.32. The van der Waals surface area contributed by atoms with E-state index in [1.165, 1.54) is 12.0 Å². The van der Waals surface area contributed by atoms with Crippen molar-refractivity contribution in [2.24, 2.45) is 0 Å². The summed E-state index contributed by atoms with van der Waals surface area (Å²) in [4.78, 5) is 12.4. The molecule has 1 unspecified atom stereocenters. The summed E-state index contributed by atoms with van der Waals surface area (Å²) in [5.74, 6) is 1.19. The Morgan fingerprint density at radius 1 is 1.28 bits per heavy atom. The van der Waals surface area contributed by atoms with Gasteiger partial charge in [-0.3, -0.25) is 4.79 Å². The largest absolute Gasteiger partial charge is 0.493 e. The van der Waals surface area contributed by atoms with Gasteiger partial charge in [-0.15, -0.1) is 0 Å². The molecule has 3 rings (SSSR count). The molecular weight excluding hydrogens is 226 g/mol. The Hall–Kier alpha value is -1.35. The monoisotopic (exact) mass is 245 g/mol. The summed E-state index contributed by atoms with van der Waals surface area (Å²) < 4.78 is 5.58. The fourth-order valence-corrected chi connectivity index (χ4v) is 2.79. The zero-order valence-corrected chi connectivity index (χ0v) is 10.6. The highest BCUT2D eigenvalue weighted by Gasteiger charge is 2.23. The SMILES string of the molecule is O=C(c1ccc2c(c1)CCCO2)C1CCCCN1. The fraction of sp³-hybridized carbons (Fsp3) is 0.533. The summed E-state index contributed by atoms with van der Waals surface area (Å²) in [6.45, 7) is 1.76. The van der Waals surface area contributed by atoms with Crippen LogP contribution < -0.4 is 10.1 Å². The predicted octanol–water partition coefficient (Wildman–Crippen LogP) is 2.34. The normalized spacial score (nSPS) is 23.0.